The molecular formula is C28H22Cl2N4O6S. The van der Waals surface area contributed by atoms with Gasteiger partial charge in [0.2, 0.25) is 9.84 Å². The molecule has 0 bridgehead atoms. The summed E-state index contributed by atoms with van der Waals surface area (Å²) in [4.78, 5) is 41.1. The van der Waals surface area contributed by atoms with Crippen LogP contribution in [0.2, 0.25) is 10.0 Å². The van der Waals surface area contributed by atoms with E-state index in [1.54, 1.807) is 48.5 Å². The van der Waals surface area contributed by atoms with Gasteiger partial charge >= 0.3 is 12.0 Å². The number of hydrogen-bond donors (Lipinski definition) is 4. The van der Waals surface area contributed by atoms with Crippen molar-refractivity contribution in [2.24, 2.45) is 0 Å². The summed E-state index contributed by atoms with van der Waals surface area (Å²) in [7, 11) is -4.06. The molecule has 4 rings (SSSR count). The summed E-state index contributed by atoms with van der Waals surface area (Å²) in [5, 5.41) is 17.1. The highest BCUT2D eigenvalue weighted by atomic mass is 35.5. The maximum absolute atomic E-state index is 13.0. The van der Waals surface area contributed by atoms with Crippen molar-refractivity contribution < 1.29 is 27.9 Å². The van der Waals surface area contributed by atoms with Crippen molar-refractivity contribution in [1.29, 1.82) is 0 Å². The predicted molar refractivity (Wildman–Crippen MR) is 154 cm³/mol. The van der Waals surface area contributed by atoms with Crippen LogP contribution in [0.4, 0.5) is 16.2 Å². The van der Waals surface area contributed by atoms with Gasteiger partial charge in [-0.2, -0.15) is 0 Å². The zero-order chi connectivity index (χ0) is 29.6. The largest absolute Gasteiger partial charge is 0.480 e. The Balaban J connectivity index is 1.43. The van der Waals surface area contributed by atoms with E-state index in [0.717, 1.165) is 0 Å². The zero-order valence-electron chi connectivity index (χ0n) is 21.0. The lowest BCUT2D eigenvalue weighted by molar-refractivity contribution is -0.139. The average molecular weight is 613 g/mol. The predicted octanol–water partition coefficient (Wildman–Crippen LogP) is 5.29. The van der Waals surface area contributed by atoms with Crippen molar-refractivity contribution in [2.45, 2.75) is 22.4 Å². The van der Waals surface area contributed by atoms with Crippen LogP contribution in [0.15, 0.2) is 101 Å². The van der Waals surface area contributed by atoms with E-state index in [2.05, 4.69) is 20.9 Å². The Morgan fingerprint density at radius 3 is 2.12 bits per heavy atom. The summed E-state index contributed by atoms with van der Waals surface area (Å²) in [6.45, 7) is 0. The van der Waals surface area contributed by atoms with Gasteiger partial charge in [0.15, 0.2) is 5.03 Å². The number of aromatic nitrogens is 1. The number of rotatable bonds is 9. The van der Waals surface area contributed by atoms with E-state index in [1.807, 2.05) is 0 Å². The zero-order valence-corrected chi connectivity index (χ0v) is 23.4. The number of halogens is 2. The summed E-state index contributed by atoms with van der Waals surface area (Å²) in [5.74, 6) is -1.83. The molecular weight excluding hydrogens is 591 g/mol. The molecule has 10 nitrogen and oxygen atoms in total. The van der Waals surface area contributed by atoms with Crippen LogP contribution >= 0.6 is 23.2 Å². The molecule has 0 fully saturated rings. The van der Waals surface area contributed by atoms with Gasteiger partial charge < -0.3 is 21.1 Å². The fourth-order valence-electron chi connectivity index (χ4n) is 3.80. The van der Waals surface area contributed by atoms with Gasteiger partial charge in [-0.25, -0.2) is 23.0 Å². The third kappa shape index (κ3) is 7.20. The van der Waals surface area contributed by atoms with E-state index < -0.39 is 33.8 Å². The smallest absolute Gasteiger partial charge is 0.326 e. The second-order valence-corrected chi connectivity index (χ2v) is 11.3. The first kappa shape index (κ1) is 29.5. The Morgan fingerprint density at radius 2 is 1.49 bits per heavy atom. The lowest BCUT2D eigenvalue weighted by Crippen LogP contribution is -2.44. The summed E-state index contributed by atoms with van der Waals surface area (Å²) >= 11 is 12.2. The molecule has 13 heteroatoms. The number of sulfone groups is 1. The lowest BCUT2D eigenvalue weighted by Gasteiger charge is -2.17. The van der Waals surface area contributed by atoms with Crippen molar-refractivity contribution in [3.63, 3.8) is 0 Å². The summed E-state index contributed by atoms with van der Waals surface area (Å²) in [6, 6.07) is 19.1. The molecule has 210 valence electrons. The highest BCUT2D eigenvalue weighted by Crippen LogP contribution is 2.26. The minimum atomic E-state index is -4.06. The number of benzene rings is 3. The average Bonchev–Trinajstić information content (AvgIpc) is 2.94. The quantitative estimate of drug-likeness (QED) is 0.200. The topological polar surface area (TPSA) is 155 Å². The van der Waals surface area contributed by atoms with Crippen molar-refractivity contribution in [1.82, 2.24) is 10.3 Å². The van der Waals surface area contributed by atoms with Crippen LogP contribution < -0.4 is 16.0 Å². The normalized spacial score (nSPS) is 11.8. The SMILES string of the molecule is O=C(Nc1cccnc1S(=O)(=O)c1ccccc1)N[C@@H](Cc1ccc(NC(=O)c2c(Cl)cccc2Cl)cc1)C(=O)O. The Morgan fingerprint density at radius 1 is 0.829 bits per heavy atom. The molecule has 0 aliphatic rings. The van der Waals surface area contributed by atoms with Gasteiger partial charge in [0.25, 0.3) is 5.91 Å². The minimum absolute atomic E-state index is 0.0137. The third-order valence-corrected chi connectivity index (χ3v) is 8.13. The number of carbonyl (C=O) groups is 3. The standard InChI is InChI=1S/C28H22Cl2N4O6S/c29-20-8-4-9-21(30)24(20)25(35)32-18-13-11-17(12-14-18)16-23(27(36)37)34-28(38)33-22-10-5-15-31-26(22)41(39,40)19-6-2-1-3-7-19/h1-15,23H,16H2,(H,32,35)(H,36,37)(H2,33,34,38)/t23-/m0/s1. The van der Waals surface area contributed by atoms with E-state index in [0.29, 0.717) is 11.3 Å². The van der Waals surface area contributed by atoms with Crippen molar-refractivity contribution >= 4 is 62.3 Å². The highest BCUT2D eigenvalue weighted by molar-refractivity contribution is 7.91. The number of nitrogens with zero attached hydrogens (tertiary/aromatic N) is 1. The molecule has 0 aliphatic heterocycles. The number of carboxylic acid groups (broad SMARTS) is 1. The van der Waals surface area contributed by atoms with E-state index in [4.69, 9.17) is 23.2 Å². The van der Waals surface area contributed by atoms with Crippen molar-refractivity contribution in [3.05, 3.63) is 112 Å². The molecule has 4 N–H and O–H groups in total. The number of nitrogens with one attached hydrogen (secondary N) is 3. The molecule has 3 amide bonds. The number of anilines is 2. The Hall–Kier alpha value is -4.45. The molecule has 4 aromatic rings. The van der Waals surface area contributed by atoms with Gasteiger partial charge in [-0.15, -0.1) is 0 Å². The first-order chi connectivity index (χ1) is 19.6. The van der Waals surface area contributed by atoms with E-state index in [9.17, 15) is 27.9 Å². The number of hydrogen-bond acceptors (Lipinski definition) is 6. The van der Waals surface area contributed by atoms with Gasteiger partial charge in [-0.1, -0.05) is 59.6 Å². The fraction of sp³-hybridized carbons (Fsp3) is 0.0714. The van der Waals surface area contributed by atoms with Gasteiger partial charge in [0.1, 0.15) is 6.04 Å². The van der Waals surface area contributed by atoms with Gasteiger partial charge in [-0.05, 0) is 54.1 Å². The van der Waals surface area contributed by atoms with Gasteiger partial charge in [0.05, 0.1) is 26.2 Å². The highest BCUT2D eigenvalue weighted by Gasteiger charge is 2.25. The van der Waals surface area contributed by atoms with Crippen LogP contribution in [0.25, 0.3) is 0 Å². The monoisotopic (exact) mass is 612 g/mol. The molecule has 0 saturated carbocycles. The van der Waals surface area contributed by atoms with Crippen molar-refractivity contribution in [3.8, 4) is 0 Å². The Labute approximate surface area is 245 Å². The molecule has 1 atom stereocenters. The van der Waals surface area contributed by atoms with Crippen LogP contribution in [0.5, 0.6) is 0 Å². The first-order valence-corrected chi connectivity index (χ1v) is 14.2. The van der Waals surface area contributed by atoms with Gasteiger partial charge in [0, 0.05) is 18.3 Å². The summed E-state index contributed by atoms with van der Waals surface area (Å²) < 4.78 is 26.1. The number of carbonyl (C=O) groups excluding carboxylic acids is 2. The third-order valence-electron chi connectivity index (χ3n) is 5.77. The minimum Gasteiger partial charge on any atom is -0.480 e. The lowest BCUT2D eigenvalue weighted by atomic mass is 10.1. The van der Waals surface area contributed by atoms with Crippen LogP contribution in [-0.2, 0) is 21.1 Å². The van der Waals surface area contributed by atoms with E-state index >= 15 is 0 Å². The second kappa shape index (κ2) is 12.8. The molecule has 0 spiro atoms. The van der Waals surface area contributed by atoms with Crippen LogP contribution in [0.1, 0.15) is 15.9 Å². The van der Waals surface area contributed by atoms with Crippen molar-refractivity contribution in [2.75, 3.05) is 10.6 Å². The maximum atomic E-state index is 13.0. The van der Waals surface area contributed by atoms with E-state index in [1.165, 1.54) is 42.6 Å². The Kier molecular flexibility index (Phi) is 9.23. The second-order valence-electron chi connectivity index (χ2n) is 8.61. The fourth-order valence-corrected chi connectivity index (χ4v) is 5.71. The number of pyridine rings is 1. The van der Waals surface area contributed by atoms with Gasteiger partial charge in [-0.3, -0.25) is 4.79 Å². The molecule has 0 aliphatic carbocycles. The molecule has 41 heavy (non-hydrogen) atoms. The van der Waals surface area contributed by atoms with Crippen LogP contribution in [-0.4, -0.2) is 42.5 Å². The summed E-state index contributed by atoms with van der Waals surface area (Å²) in [6.07, 6.45) is 1.17. The van der Waals surface area contributed by atoms with Crippen LogP contribution in [0, 0.1) is 0 Å². The van der Waals surface area contributed by atoms with Crippen LogP contribution in [0.3, 0.4) is 0 Å². The Bertz CT molecular complexity index is 1680. The number of carboxylic acids is 1. The van der Waals surface area contributed by atoms with E-state index in [-0.39, 0.29) is 37.6 Å². The molecule has 1 heterocycles. The molecule has 3 aromatic carbocycles. The molecule has 1 aromatic heterocycles. The number of aliphatic carboxylic acids is 1. The first-order valence-electron chi connectivity index (χ1n) is 12.0. The number of amides is 3. The molecule has 0 saturated heterocycles. The molecule has 0 radical (unpaired) electrons. The maximum Gasteiger partial charge on any atom is 0.326 e. The number of urea groups is 1. The molecule has 0 unspecified atom stereocenters. The summed E-state index contributed by atoms with van der Waals surface area (Å²) in [5.41, 5.74) is 0.961.